The molecule has 0 bridgehead atoms. The number of ketones is 1. The lowest BCUT2D eigenvalue weighted by Gasteiger charge is -2.10. The van der Waals surface area contributed by atoms with Gasteiger partial charge in [-0.2, -0.15) is 0 Å². The van der Waals surface area contributed by atoms with Gasteiger partial charge in [-0.1, -0.05) is 5.21 Å². The molecule has 108 valence electrons. The van der Waals surface area contributed by atoms with Crippen molar-refractivity contribution in [2.75, 3.05) is 0 Å². The van der Waals surface area contributed by atoms with E-state index in [0.717, 1.165) is 36.5 Å². The van der Waals surface area contributed by atoms with Gasteiger partial charge in [0.2, 0.25) is 0 Å². The number of halogens is 1. The molecule has 0 amide bonds. The Morgan fingerprint density at radius 1 is 1.40 bits per heavy atom. The Morgan fingerprint density at radius 3 is 2.75 bits per heavy atom. The van der Waals surface area contributed by atoms with Crippen LogP contribution in [0.4, 0.5) is 0 Å². The van der Waals surface area contributed by atoms with E-state index >= 15 is 0 Å². The van der Waals surface area contributed by atoms with Crippen molar-refractivity contribution in [2.24, 2.45) is 0 Å². The molecule has 0 radical (unpaired) electrons. The zero-order valence-electron chi connectivity index (χ0n) is 12.0. The summed E-state index contributed by atoms with van der Waals surface area (Å²) < 4.78 is 3.96. The highest BCUT2D eigenvalue weighted by Crippen LogP contribution is 2.19. The quantitative estimate of drug-likeness (QED) is 0.608. The summed E-state index contributed by atoms with van der Waals surface area (Å²) in [6.07, 6.45) is 4.45. The number of nitrogens with zero attached hydrogens (tertiary/aromatic N) is 4. The molecule has 0 aromatic carbocycles. The molecular formula is C14H19ClN4O. The molecule has 2 rings (SSSR count). The van der Waals surface area contributed by atoms with Gasteiger partial charge in [0.25, 0.3) is 0 Å². The number of hydrogen-bond donors (Lipinski definition) is 0. The first-order valence-electron chi connectivity index (χ1n) is 6.70. The number of alkyl halides is 1. The monoisotopic (exact) mass is 294 g/mol. The number of aromatic nitrogens is 4. The Labute approximate surface area is 123 Å². The summed E-state index contributed by atoms with van der Waals surface area (Å²) in [7, 11) is 0. The van der Waals surface area contributed by atoms with E-state index in [4.69, 9.17) is 11.6 Å². The molecule has 2 heterocycles. The van der Waals surface area contributed by atoms with Crippen LogP contribution in [0.3, 0.4) is 0 Å². The molecule has 5 nitrogen and oxygen atoms in total. The standard InChI is InChI=1S/C14H19ClN4O/c1-10-9-13(14(20)11(2)15)12(3)19(10)7-4-6-18-8-5-16-17-18/h5,8-9,11H,4,6-7H2,1-3H3. The maximum atomic E-state index is 12.0. The SMILES string of the molecule is Cc1cc(C(=O)C(C)Cl)c(C)n1CCCn1ccnn1. The largest absolute Gasteiger partial charge is 0.348 e. The minimum Gasteiger partial charge on any atom is -0.348 e. The molecule has 0 aliphatic heterocycles. The fourth-order valence-electron chi connectivity index (χ4n) is 2.35. The Bertz CT molecular complexity index is 587. The Morgan fingerprint density at radius 2 is 2.15 bits per heavy atom. The van der Waals surface area contributed by atoms with E-state index in [-0.39, 0.29) is 5.78 Å². The average Bonchev–Trinajstić information content (AvgIpc) is 3.00. The molecule has 0 fully saturated rings. The number of rotatable bonds is 6. The summed E-state index contributed by atoms with van der Waals surface area (Å²) in [5.74, 6) is -0.0118. The van der Waals surface area contributed by atoms with Crippen LogP contribution in [-0.2, 0) is 13.1 Å². The summed E-state index contributed by atoms with van der Waals surface area (Å²) in [4.78, 5) is 12.0. The van der Waals surface area contributed by atoms with Crippen LogP contribution in [0.5, 0.6) is 0 Å². The molecule has 0 saturated heterocycles. The van der Waals surface area contributed by atoms with Crippen LogP contribution < -0.4 is 0 Å². The van der Waals surface area contributed by atoms with Gasteiger partial charge in [0.1, 0.15) is 0 Å². The van der Waals surface area contributed by atoms with Crippen LogP contribution in [0.2, 0.25) is 0 Å². The minimum absolute atomic E-state index is 0.0118. The molecule has 0 saturated carbocycles. The highest BCUT2D eigenvalue weighted by atomic mass is 35.5. The van der Waals surface area contributed by atoms with Crippen molar-refractivity contribution in [3.8, 4) is 0 Å². The van der Waals surface area contributed by atoms with Crippen LogP contribution in [0.15, 0.2) is 18.5 Å². The van der Waals surface area contributed by atoms with Gasteiger partial charge in [-0.25, -0.2) is 0 Å². The third kappa shape index (κ3) is 3.10. The summed E-state index contributed by atoms with van der Waals surface area (Å²) in [5.41, 5.74) is 2.80. The van der Waals surface area contributed by atoms with Crippen molar-refractivity contribution in [3.63, 3.8) is 0 Å². The average molecular weight is 295 g/mol. The second-order valence-electron chi connectivity index (χ2n) is 4.94. The summed E-state index contributed by atoms with van der Waals surface area (Å²) in [6.45, 7) is 7.35. The number of hydrogen-bond acceptors (Lipinski definition) is 3. The molecule has 2 aromatic heterocycles. The van der Waals surface area contributed by atoms with E-state index in [1.54, 1.807) is 17.8 Å². The lowest BCUT2D eigenvalue weighted by atomic mass is 10.1. The Hall–Kier alpha value is -1.62. The minimum atomic E-state index is -0.487. The van der Waals surface area contributed by atoms with Crippen molar-refractivity contribution in [1.29, 1.82) is 0 Å². The van der Waals surface area contributed by atoms with Gasteiger partial charge in [-0.05, 0) is 33.3 Å². The van der Waals surface area contributed by atoms with Gasteiger partial charge in [0, 0.05) is 36.2 Å². The molecule has 0 aliphatic rings. The topological polar surface area (TPSA) is 52.7 Å². The summed E-state index contributed by atoms with van der Waals surface area (Å²) in [5, 5.41) is 7.22. The van der Waals surface area contributed by atoms with Crippen LogP contribution in [0.1, 0.15) is 35.1 Å². The lowest BCUT2D eigenvalue weighted by Crippen LogP contribution is -2.12. The molecule has 1 unspecified atom stereocenters. The van der Waals surface area contributed by atoms with Gasteiger partial charge >= 0.3 is 0 Å². The van der Waals surface area contributed by atoms with E-state index in [9.17, 15) is 4.79 Å². The molecular weight excluding hydrogens is 276 g/mol. The third-order valence-corrected chi connectivity index (χ3v) is 3.64. The van der Waals surface area contributed by atoms with E-state index in [1.165, 1.54) is 0 Å². The first kappa shape index (κ1) is 14.8. The Kier molecular flexibility index (Phi) is 4.60. The number of Topliss-reactive ketones (excluding diaryl/α,β-unsaturated/α-hetero) is 1. The van der Waals surface area contributed by atoms with Crippen LogP contribution in [0.25, 0.3) is 0 Å². The molecule has 6 heteroatoms. The zero-order valence-corrected chi connectivity index (χ0v) is 12.8. The Balaban J connectivity index is 2.06. The van der Waals surface area contributed by atoms with Crippen molar-refractivity contribution < 1.29 is 4.79 Å². The van der Waals surface area contributed by atoms with Crippen molar-refractivity contribution >= 4 is 17.4 Å². The zero-order chi connectivity index (χ0) is 14.7. The van der Waals surface area contributed by atoms with E-state index < -0.39 is 5.38 Å². The smallest absolute Gasteiger partial charge is 0.182 e. The molecule has 1 atom stereocenters. The number of carbonyl (C=O) groups excluding carboxylic acids is 1. The number of aryl methyl sites for hydroxylation is 2. The number of carbonyl (C=O) groups is 1. The van der Waals surface area contributed by atoms with Gasteiger partial charge in [0.15, 0.2) is 5.78 Å². The second-order valence-corrected chi connectivity index (χ2v) is 5.59. The van der Waals surface area contributed by atoms with Gasteiger partial charge < -0.3 is 4.57 Å². The summed E-state index contributed by atoms with van der Waals surface area (Å²) in [6, 6.07) is 1.92. The van der Waals surface area contributed by atoms with Crippen LogP contribution in [0, 0.1) is 13.8 Å². The highest BCUT2D eigenvalue weighted by molar-refractivity contribution is 6.33. The van der Waals surface area contributed by atoms with E-state index in [1.807, 2.05) is 26.1 Å². The van der Waals surface area contributed by atoms with E-state index in [0.29, 0.717) is 0 Å². The maximum Gasteiger partial charge on any atom is 0.182 e. The summed E-state index contributed by atoms with van der Waals surface area (Å²) >= 11 is 5.89. The lowest BCUT2D eigenvalue weighted by molar-refractivity contribution is 0.0991. The van der Waals surface area contributed by atoms with E-state index in [2.05, 4.69) is 14.9 Å². The highest BCUT2D eigenvalue weighted by Gasteiger charge is 2.19. The molecule has 20 heavy (non-hydrogen) atoms. The van der Waals surface area contributed by atoms with Crippen molar-refractivity contribution in [3.05, 3.63) is 35.4 Å². The van der Waals surface area contributed by atoms with Crippen LogP contribution >= 0.6 is 11.6 Å². The molecule has 0 aliphatic carbocycles. The second kappa shape index (κ2) is 6.22. The third-order valence-electron chi connectivity index (χ3n) is 3.44. The molecule has 2 aromatic rings. The first-order valence-corrected chi connectivity index (χ1v) is 7.13. The van der Waals surface area contributed by atoms with Gasteiger partial charge in [-0.3, -0.25) is 9.48 Å². The predicted molar refractivity (Wildman–Crippen MR) is 78.2 cm³/mol. The fraction of sp³-hybridized carbons (Fsp3) is 0.500. The maximum absolute atomic E-state index is 12.0. The normalized spacial score (nSPS) is 12.6. The van der Waals surface area contributed by atoms with Crippen molar-refractivity contribution in [2.45, 2.75) is 45.7 Å². The van der Waals surface area contributed by atoms with Gasteiger partial charge in [0.05, 0.1) is 11.6 Å². The van der Waals surface area contributed by atoms with Crippen LogP contribution in [-0.4, -0.2) is 30.7 Å². The fourth-order valence-corrected chi connectivity index (χ4v) is 2.47. The van der Waals surface area contributed by atoms with Crippen molar-refractivity contribution in [1.82, 2.24) is 19.6 Å². The predicted octanol–water partition coefficient (Wildman–Crippen LogP) is 2.60. The first-order chi connectivity index (χ1) is 9.50. The molecule has 0 spiro atoms. The molecule has 0 N–H and O–H groups in total. The van der Waals surface area contributed by atoms with Gasteiger partial charge in [-0.15, -0.1) is 16.7 Å².